The van der Waals surface area contributed by atoms with Crippen molar-refractivity contribution in [2.24, 2.45) is 5.73 Å². The van der Waals surface area contributed by atoms with Crippen LogP contribution in [0.25, 0.3) is 0 Å². The molecule has 5 nitrogen and oxygen atoms in total. The lowest BCUT2D eigenvalue weighted by Gasteiger charge is -2.20. The third kappa shape index (κ3) is 5.44. The van der Waals surface area contributed by atoms with Gasteiger partial charge in [-0.3, -0.25) is 4.79 Å². The van der Waals surface area contributed by atoms with Crippen molar-refractivity contribution in [2.75, 3.05) is 20.1 Å². The zero-order chi connectivity index (χ0) is 14.3. The molecule has 0 saturated carbocycles. The third-order valence-corrected chi connectivity index (χ3v) is 3.19. The Labute approximate surface area is 115 Å². The predicted molar refractivity (Wildman–Crippen MR) is 75.9 cm³/mol. The maximum absolute atomic E-state index is 11.7. The predicted octanol–water partition coefficient (Wildman–Crippen LogP) is 1.59. The summed E-state index contributed by atoms with van der Waals surface area (Å²) in [5.74, 6) is 0.792. The number of amides is 1. The average Bonchev–Trinajstić information content (AvgIpc) is 2.86. The summed E-state index contributed by atoms with van der Waals surface area (Å²) in [6.07, 6.45) is 2.04. The molecule has 1 aromatic heterocycles. The van der Waals surface area contributed by atoms with E-state index < -0.39 is 0 Å². The highest BCUT2D eigenvalue weighted by molar-refractivity contribution is 5.91. The van der Waals surface area contributed by atoms with E-state index in [0.717, 1.165) is 19.4 Å². The number of hydrogen-bond acceptors (Lipinski definition) is 4. The molecular weight excluding hydrogens is 242 g/mol. The highest BCUT2D eigenvalue weighted by Gasteiger charge is 2.09. The smallest absolute Gasteiger partial charge is 0.286 e. The Morgan fingerprint density at radius 1 is 1.42 bits per heavy atom. The van der Waals surface area contributed by atoms with Crippen LogP contribution in [0, 0.1) is 0 Å². The lowest BCUT2D eigenvalue weighted by atomic mass is 10.2. The first-order valence-corrected chi connectivity index (χ1v) is 6.81. The molecule has 0 aliphatic heterocycles. The summed E-state index contributed by atoms with van der Waals surface area (Å²) in [5.41, 5.74) is 5.43. The Morgan fingerprint density at radius 3 is 2.74 bits per heavy atom. The van der Waals surface area contributed by atoms with Gasteiger partial charge in [0.2, 0.25) is 0 Å². The van der Waals surface area contributed by atoms with Gasteiger partial charge in [-0.1, -0.05) is 0 Å². The molecule has 0 radical (unpaired) electrons. The summed E-state index contributed by atoms with van der Waals surface area (Å²) in [4.78, 5) is 14.0. The summed E-state index contributed by atoms with van der Waals surface area (Å²) in [5, 5.41) is 2.85. The second kappa shape index (κ2) is 7.96. The molecule has 1 rings (SSSR count). The van der Waals surface area contributed by atoms with Crippen molar-refractivity contribution in [2.45, 2.75) is 39.3 Å². The number of nitrogens with two attached hydrogens (primary N) is 1. The van der Waals surface area contributed by atoms with Crippen LogP contribution in [0.3, 0.4) is 0 Å². The maximum Gasteiger partial charge on any atom is 0.286 e. The first-order chi connectivity index (χ1) is 9.04. The highest BCUT2D eigenvalue weighted by Crippen LogP contribution is 2.06. The van der Waals surface area contributed by atoms with Gasteiger partial charge >= 0.3 is 0 Å². The minimum atomic E-state index is -0.170. The van der Waals surface area contributed by atoms with Crippen LogP contribution in [0.15, 0.2) is 16.5 Å². The Kier molecular flexibility index (Phi) is 6.59. The summed E-state index contributed by atoms with van der Waals surface area (Å²) in [6.45, 7) is 6.38. The van der Waals surface area contributed by atoms with Gasteiger partial charge in [-0.25, -0.2) is 0 Å². The van der Waals surface area contributed by atoms with Crippen LogP contribution in [0.2, 0.25) is 0 Å². The van der Waals surface area contributed by atoms with Crippen molar-refractivity contribution in [3.8, 4) is 0 Å². The second-order valence-corrected chi connectivity index (χ2v) is 5.01. The first-order valence-electron chi connectivity index (χ1n) is 6.81. The molecule has 1 heterocycles. The standard InChI is InChI=1S/C14H25N3O2/c1-11(2)17(3)9-5-4-8-16-14(18)13-7-6-12(10-15)19-13/h6-7,11H,4-5,8-10,15H2,1-3H3,(H,16,18). The molecule has 0 fully saturated rings. The quantitative estimate of drug-likeness (QED) is 0.702. The van der Waals surface area contributed by atoms with Crippen LogP contribution in [0.5, 0.6) is 0 Å². The number of hydrogen-bond donors (Lipinski definition) is 2. The van der Waals surface area contributed by atoms with Gasteiger partial charge in [0.1, 0.15) is 5.76 Å². The SMILES string of the molecule is CC(C)N(C)CCCCNC(=O)c1ccc(CN)o1. The summed E-state index contributed by atoms with van der Waals surface area (Å²) >= 11 is 0. The number of unbranched alkanes of at least 4 members (excludes halogenated alkanes) is 1. The molecule has 19 heavy (non-hydrogen) atoms. The van der Waals surface area contributed by atoms with Gasteiger partial charge in [-0.2, -0.15) is 0 Å². The van der Waals surface area contributed by atoms with Gasteiger partial charge in [0, 0.05) is 12.6 Å². The fraction of sp³-hybridized carbons (Fsp3) is 0.643. The van der Waals surface area contributed by atoms with Crippen LogP contribution in [-0.4, -0.2) is 37.0 Å². The van der Waals surface area contributed by atoms with Crippen molar-refractivity contribution in [1.29, 1.82) is 0 Å². The van der Waals surface area contributed by atoms with Gasteiger partial charge in [-0.15, -0.1) is 0 Å². The van der Waals surface area contributed by atoms with E-state index in [0.29, 0.717) is 30.7 Å². The van der Waals surface area contributed by atoms with Gasteiger partial charge < -0.3 is 20.4 Å². The molecule has 0 atom stereocenters. The molecule has 0 unspecified atom stereocenters. The number of nitrogens with one attached hydrogen (secondary N) is 1. The first kappa shape index (κ1) is 15.7. The van der Waals surface area contributed by atoms with E-state index in [-0.39, 0.29) is 5.91 Å². The van der Waals surface area contributed by atoms with Crippen molar-refractivity contribution < 1.29 is 9.21 Å². The summed E-state index contributed by atoms with van der Waals surface area (Å²) in [7, 11) is 2.11. The second-order valence-electron chi connectivity index (χ2n) is 5.01. The van der Waals surface area contributed by atoms with Gasteiger partial charge in [0.15, 0.2) is 5.76 Å². The monoisotopic (exact) mass is 267 g/mol. The molecule has 0 aliphatic carbocycles. The van der Waals surface area contributed by atoms with Crippen LogP contribution in [0.4, 0.5) is 0 Å². The molecule has 0 bridgehead atoms. The zero-order valence-electron chi connectivity index (χ0n) is 12.1. The maximum atomic E-state index is 11.7. The van der Waals surface area contributed by atoms with Crippen molar-refractivity contribution >= 4 is 5.91 Å². The van der Waals surface area contributed by atoms with Crippen molar-refractivity contribution in [3.63, 3.8) is 0 Å². The van der Waals surface area contributed by atoms with E-state index in [2.05, 4.69) is 31.1 Å². The van der Waals surface area contributed by atoms with Crippen molar-refractivity contribution in [1.82, 2.24) is 10.2 Å². The number of nitrogens with zero attached hydrogens (tertiary/aromatic N) is 1. The number of furan rings is 1. The third-order valence-electron chi connectivity index (χ3n) is 3.19. The van der Waals surface area contributed by atoms with Crippen LogP contribution < -0.4 is 11.1 Å². The summed E-state index contributed by atoms with van der Waals surface area (Å²) < 4.78 is 5.28. The Bertz CT molecular complexity index is 388. The molecule has 1 aromatic rings. The van der Waals surface area contributed by atoms with Crippen LogP contribution in [-0.2, 0) is 6.54 Å². The average molecular weight is 267 g/mol. The van der Waals surface area contributed by atoms with E-state index in [9.17, 15) is 4.79 Å². The highest BCUT2D eigenvalue weighted by atomic mass is 16.4. The topological polar surface area (TPSA) is 71.5 Å². The molecule has 0 spiro atoms. The largest absolute Gasteiger partial charge is 0.455 e. The Morgan fingerprint density at radius 2 is 2.16 bits per heavy atom. The zero-order valence-corrected chi connectivity index (χ0v) is 12.1. The Balaban J connectivity index is 2.17. The van der Waals surface area contributed by atoms with Crippen molar-refractivity contribution in [3.05, 3.63) is 23.7 Å². The van der Waals surface area contributed by atoms with E-state index in [1.807, 2.05) is 0 Å². The molecule has 1 amide bonds. The number of carbonyl (C=O) groups excluding carboxylic acids is 1. The minimum Gasteiger partial charge on any atom is -0.455 e. The van der Waals surface area contributed by atoms with E-state index in [4.69, 9.17) is 10.2 Å². The minimum absolute atomic E-state index is 0.170. The normalized spacial score (nSPS) is 11.3. The van der Waals surface area contributed by atoms with E-state index in [1.165, 1.54) is 0 Å². The lowest BCUT2D eigenvalue weighted by molar-refractivity contribution is 0.0923. The molecule has 0 saturated heterocycles. The van der Waals surface area contributed by atoms with Gasteiger partial charge in [-0.05, 0) is 52.4 Å². The molecule has 0 aliphatic rings. The fourth-order valence-electron chi connectivity index (χ4n) is 1.64. The van der Waals surface area contributed by atoms with E-state index in [1.54, 1.807) is 12.1 Å². The molecule has 3 N–H and O–H groups in total. The lowest BCUT2D eigenvalue weighted by Crippen LogP contribution is -2.28. The summed E-state index contributed by atoms with van der Waals surface area (Å²) in [6, 6.07) is 3.95. The molecule has 108 valence electrons. The number of rotatable bonds is 8. The van der Waals surface area contributed by atoms with Gasteiger partial charge in [0.05, 0.1) is 6.54 Å². The molecule has 5 heteroatoms. The van der Waals surface area contributed by atoms with Crippen LogP contribution in [0.1, 0.15) is 43.0 Å². The van der Waals surface area contributed by atoms with Gasteiger partial charge in [0.25, 0.3) is 5.91 Å². The molecular formula is C14H25N3O2. The van der Waals surface area contributed by atoms with E-state index >= 15 is 0 Å². The number of carbonyl (C=O) groups is 1. The fourth-order valence-corrected chi connectivity index (χ4v) is 1.64. The van der Waals surface area contributed by atoms with Crippen LogP contribution >= 0.6 is 0 Å². The molecule has 0 aromatic carbocycles. The Hall–Kier alpha value is -1.33.